The lowest BCUT2D eigenvalue weighted by atomic mass is 10.2. The monoisotopic (exact) mass is 265 g/mol. The lowest BCUT2D eigenvalue weighted by Gasteiger charge is -2.25. The molecule has 1 fully saturated rings. The summed E-state index contributed by atoms with van der Waals surface area (Å²) in [6, 6.07) is 4.01. The number of fused-ring (bicyclic) bond motifs is 1. The van der Waals surface area contributed by atoms with E-state index < -0.39 is 0 Å². The quantitative estimate of drug-likeness (QED) is 0.911. The number of halogens is 1. The van der Waals surface area contributed by atoms with Gasteiger partial charge in [0.15, 0.2) is 5.65 Å². The molecule has 0 amide bonds. The van der Waals surface area contributed by atoms with Crippen LogP contribution in [0.4, 0.5) is 5.95 Å². The van der Waals surface area contributed by atoms with Gasteiger partial charge in [0.05, 0.1) is 5.02 Å². The van der Waals surface area contributed by atoms with Crippen molar-refractivity contribution < 1.29 is 0 Å². The number of hydrogen-bond acceptors (Lipinski definition) is 4. The van der Waals surface area contributed by atoms with Crippen LogP contribution >= 0.6 is 11.6 Å². The van der Waals surface area contributed by atoms with Gasteiger partial charge in [-0.1, -0.05) is 11.6 Å². The first kappa shape index (κ1) is 11.7. The lowest BCUT2D eigenvalue weighted by Crippen LogP contribution is -2.40. The highest BCUT2D eigenvalue weighted by Gasteiger charge is 2.34. The van der Waals surface area contributed by atoms with Crippen molar-refractivity contribution in [1.29, 1.82) is 0 Å². The van der Waals surface area contributed by atoms with Gasteiger partial charge in [-0.05, 0) is 30.9 Å². The van der Waals surface area contributed by atoms with Crippen LogP contribution in [0.3, 0.4) is 0 Å². The van der Waals surface area contributed by atoms with E-state index in [2.05, 4.69) is 15.0 Å². The Hall–Kier alpha value is -1.33. The molecule has 2 aromatic rings. The minimum Gasteiger partial charge on any atom is -0.338 e. The van der Waals surface area contributed by atoms with Gasteiger partial charge < -0.3 is 10.6 Å². The number of anilines is 1. The summed E-state index contributed by atoms with van der Waals surface area (Å²) in [5, 5.41) is 5.10. The maximum Gasteiger partial charge on any atom is 0.245 e. The van der Waals surface area contributed by atoms with Crippen molar-refractivity contribution in [3.05, 3.63) is 23.4 Å². The van der Waals surface area contributed by atoms with Gasteiger partial charge in [0.1, 0.15) is 0 Å². The SMILES string of the molecule is CN(c1nc2ccc(Cl)cn2n1)C(CN)C1CC1. The van der Waals surface area contributed by atoms with E-state index >= 15 is 0 Å². The van der Waals surface area contributed by atoms with Gasteiger partial charge in [-0.3, -0.25) is 0 Å². The topological polar surface area (TPSA) is 59.5 Å². The summed E-state index contributed by atoms with van der Waals surface area (Å²) >= 11 is 5.94. The zero-order chi connectivity index (χ0) is 12.7. The zero-order valence-electron chi connectivity index (χ0n) is 10.3. The highest BCUT2D eigenvalue weighted by molar-refractivity contribution is 6.30. The van der Waals surface area contributed by atoms with E-state index in [1.54, 1.807) is 10.7 Å². The molecule has 2 N–H and O–H groups in total. The summed E-state index contributed by atoms with van der Waals surface area (Å²) in [6.07, 6.45) is 4.27. The standard InChI is InChI=1S/C12H16ClN5/c1-17(10(6-14)8-2-3-8)12-15-11-5-4-9(13)7-18(11)16-12/h4-5,7-8,10H,2-3,6,14H2,1H3. The average Bonchev–Trinajstić information content (AvgIpc) is 3.08. The second kappa shape index (κ2) is 4.40. The van der Waals surface area contributed by atoms with Gasteiger partial charge in [-0.15, -0.1) is 5.10 Å². The molecule has 96 valence electrons. The minimum atomic E-state index is 0.331. The molecule has 0 aromatic carbocycles. The van der Waals surface area contributed by atoms with Crippen molar-refractivity contribution in [1.82, 2.24) is 14.6 Å². The molecular weight excluding hydrogens is 250 g/mol. The highest BCUT2D eigenvalue weighted by atomic mass is 35.5. The van der Waals surface area contributed by atoms with Crippen molar-refractivity contribution in [2.45, 2.75) is 18.9 Å². The Morgan fingerprint density at radius 3 is 3.00 bits per heavy atom. The summed E-state index contributed by atoms with van der Waals surface area (Å²) in [5.74, 6) is 1.40. The highest BCUT2D eigenvalue weighted by Crippen LogP contribution is 2.35. The lowest BCUT2D eigenvalue weighted by molar-refractivity contribution is 0.561. The Labute approximate surface area is 111 Å². The van der Waals surface area contributed by atoms with Crippen LogP contribution in [0.1, 0.15) is 12.8 Å². The summed E-state index contributed by atoms with van der Waals surface area (Å²) in [5.41, 5.74) is 6.64. The van der Waals surface area contributed by atoms with E-state index in [1.165, 1.54) is 12.8 Å². The molecule has 0 aliphatic heterocycles. The fourth-order valence-electron chi connectivity index (χ4n) is 2.29. The summed E-state index contributed by atoms with van der Waals surface area (Å²) < 4.78 is 1.70. The average molecular weight is 266 g/mol. The fourth-order valence-corrected chi connectivity index (χ4v) is 2.45. The molecule has 0 spiro atoms. The van der Waals surface area contributed by atoms with E-state index in [0.29, 0.717) is 29.5 Å². The van der Waals surface area contributed by atoms with E-state index in [4.69, 9.17) is 17.3 Å². The Bertz CT molecular complexity index is 563. The third-order valence-electron chi connectivity index (χ3n) is 3.50. The normalized spacial score (nSPS) is 17.1. The molecule has 0 bridgehead atoms. The van der Waals surface area contributed by atoms with Crippen LogP contribution in [0, 0.1) is 5.92 Å². The van der Waals surface area contributed by atoms with Crippen LogP contribution < -0.4 is 10.6 Å². The first-order valence-electron chi connectivity index (χ1n) is 6.14. The molecule has 1 unspecified atom stereocenters. The molecular formula is C12H16ClN5. The minimum absolute atomic E-state index is 0.331. The van der Waals surface area contributed by atoms with E-state index in [9.17, 15) is 0 Å². The second-order valence-electron chi connectivity index (χ2n) is 4.81. The van der Waals surface area contributed by atoms with Crippen LogP contribution in [0.2, 0.25) is 5.02 Å². The van der Waals surface area contributed by atoms with Crippen LogP contribution in [-0.2, 0) is 0 Å². The summed E-state index contributed by atoms with van der Waals surface area (Å²) in [4.78, 5) is 6.58. The third kappa shape index (κ3) is 2.04. The Kier molecular flexibility index (Phi) is 2.87. The maximum absolute atomic E-state index is 5.94. The van der Waals surface area contributed by atoms with E-state index in [-0.39, 0.29) is 0 Å². The summed E-state index contributed by atoms with van der Waals surface area (Å²) in [7, 11) is 2.01. The molecule has 2 aromatic heterocycles. The Morgan fingerprint density at radius 1 is 1.56 bits per heavy atom. The number of likely N-dealkylation sites (N-methyl/N-ethyl adjacent to an activating group) is 1. The molecule has 18 heavy (non-hydrogen) atoms. The molecule has 0 saturated heterocycles. The van der Waals surface area contributed by atoms with Gasteiger partial charge in [-0.2, -0.15) is 4.98 Å². The molecule has 3 rings (SSSR count). The Balaban J connectivity index is 1.92. The van der Waals surface area contributed by atoms with Crippen molar-refractivity contribution in [3.8, 4) is 0 Å². The van der Waals surface area contributed by atoms with Gasteiger partial charge in [0.25, 0.3) is 0 Å². The molecule has 0 radical (unpaired) electrons. The van der Waals surface area contributed by atoms with Gasteiger partial charge in [0.2, 0.25) is 5.95 Å². The smallest absolute Gasteiger partial charge is 0.245 e. The molecule has 5 nitrogen and oxygen atoms in total. The molecule has 1 aliphatic rings. The van der Waals surface area contributed by atoms with Crippen LogP contribution in [0.25, 0.3) is 5.65 Å². The number of pyridine rings is 1. The second-order valence-corrected chi connectivity index (χ2v) is 5.25. The number of hydrogen-bond donors (Lipinski definition) is 1. The first-order valence-corrected chi connectivity index (χ1v) is 6.51. The molecule has 1 saturated carbocycles. The predicted molar refractivity (Wildman–Crippen MR) is 72.0 cm³/mol. The number of nitrogens with zero attached hydrogens (tertiary/aromatic N) is 4. The maximum atomic E-state index is 5.94. The predicted octanol–water partition coefficient (Wildman–Crippen LogP) is 1.56. The third-order valence-corrected chi connectivity index (χ3v) is 3.73. The van der Waals surface area contributed by atoms with E-state index in [0.717, 1.165) is 5.65 Å². The van der Waals surface area contributed by atoms with E-state index in [1.807, 2.05) is 19.2 Å². The van der Waals surface area contributed by atoms with Crippen molar-refractivity contribution in [2.24, 2.45) is 11.7 Å². The molecule has 1 aliphatic carbocycles. The van der Waals surface area contributed by atoms with Crippen molar-refractivity contribution in [2.75, 3.05) is 18.5 Å². The first-order chi connectivity index (χ1) is 8.69. The van der Waals surface area contributed by atoms with Crippen molar-refractivity contribution in [3.63, 3.8) is 0 Å². The van der Waals surface area contributed by atoms with Crippen LogP contribution in [-0.4, -0.2) is 34.2 Å². The fraction of sp³-hybridized carbons (Fsp3) is 0.500. The van der Waals surface area contributed by atoms with Gasteiger partial charge in [-0.25, -0.2) is 4.52 Å². The Morgan fingerprint density at radius 2 is 2.33 bits per heavy atom. The number of rotatable bonds is 4. The largest absolute Gasteiger partial charge is 0.338 e. The van der Waals surface area contributed by atoms with Crippen molar-refractivity contribution >= 4 is 23.2 Å². The molecule has 6 heteroatoms. The van der Waals surface area contributed by atoms with Gasteiger partial charge in [0, 0.05) is 25.8 Å². The molecule has 1 atom stereocenters. The summed E-state index contributed by atoms with van der Waals surface area (Å²) in [6.45, 7) is 0.636. The van der Waals surface area contributed by atoms with Crippen LogP contribution in [0.5, 0.6) is 0 Å². The molecule has 2 heterocycles. The van der Waals surface area contributed by atoms with Gasteiger partial charge >= 0.3 is 0 Å². The number of nitrogens with two attached hydrogens (primary N) is 1. The number of aromatic nitrogens is 3. The van der Waals surface area contributed by atoms with Crippen LogP contribution in [0.15, 0.2) is 18.3 Å². The zero-order valence-corrected chi connectivity index (χ0v) is 11.0.